The van der Waals surface area contributed by atoms with Crippen LogP contribution < -0.4 is 4.74 Å². The second-order valence-corrected chi connectivity index (χ2v) is 17.2. The topological polar surface area (TPSA) is 35.0 Å². The molecule has 66 heavy (non-hydrogen) atoms. The summed E-state index contributed by atoms with van der Waals surface area (Å²) in [4.78, 5) is 10.5. The third kappa shape index (κ3) is 5.98. The lowest BCUT2D eigenvalue weighted by Crippen LogP contribution is -2.28. The Morgan fingerprint density at radius 2 is 0.848 bits per heavy atom. The van der Waals surface area contributed by atoms with Crippen LogP contribution in [0.15, 0.2) is 243 Å². The van der Waals surface area contributed by atoms with Crippen molar-refractivity contribution in [3.8, 4) is 89.9 Å². The van der Waals surface area contributed by atoms with Crippen molar-refractivity contribution in [1.82, 2.24) is 9.97 Å². The van der Waals surface area contributed by atoms with Crippen molar-refractivity contribution < 1.29 is 4.74 Å². The predicted octanol–water partition coefficient (Wildman–Crippen LogP) is 16.1. The highest BCUT2D eigenvalue weighted by molar-refractivity contribution is 6.10. The number of ether oxygens (including phenoxy) is 1. The Hall–Kier alpha value is -8.66. The van der Waals surface area contributed by atoms with E-state index in [9.17, 15) is 0 Å². The molecule has 0 unspecified atom stereocenters. The molecular weight excluding hydrogens is 801 g/mol. The summed E-state index contributed by atoms with van der Waals surface area (Å²) >= 11 is 0. The van der Waals surface area contributed by atoms with Crippen LogP contribution in [0.1, 0.15) is 22.3 Å². The third-order valence-corrected chi connectivity index (χ3v) is 13.6. The number of nitrogens with zero attached hydrogens (tertiary/aromatic N) is 2. The molecule has 308 valence electrons. The molecule has 0 spiro atoms. The third-order valence-electron chi connectivity index (χ3n) is 13.6. The van der Waals surface area contributed by atoms with Crippen LogP contribution in [0.2, 0.25) is 0 Å². The van der Waals surface area contributed by atoms with Gasteiger partial charge in [0.05, 0.1) is 16.8 Å². The smallest absolute Gasteiger partial charge is 0.160 e. The highest BCUT2D eigenvalue weighted by Gasteiger charge is 2.46. The SMILES string of the molecule is c1ccc(-c2nc(-c3ccc(-c4ccc5c(c4)-c4cccc6c(-c7ccccc7)ccc(c46)O5)cc3)cc(-c3ccc4c(c3)C(c3ccccc3)(c3ccccc3)c3ccccc3-4)n2)cc1. The first-order chi connectivity index (χ1) is 32.7. The lowest BCUT2D eigenvalue weighted by molar-refractivity contribution is 0.487. The molecule has 0 atom stereocenters. The Morgan fingerprint density at radius 1 is 0.303 bits per heavy atom. The molecular formula is C63H40N2O. The van der Waals surface area contributed by atoms with Crippen LogP contribution in [-0.2, 0) is 5.41 Å². The van der Waals surface area contributed by atoms with Crippen molar-refractivity contribution >= 4 is 10.8 Å². The molecule has 0 fully saturated rings. The summed E-state index contributed by atoms with van der Waals surface area (Å²) in [6.07, 6.45) is 0. The molecule has 0 radical (unpaired) electrons. The lowest BCUT2D eigenvalue weighted by Gasteiger charge is -2.34. The van der Waals surface area contributed by atoms with Gasteiger partial charge in [0.15, 0.2) is 5.82 Å². The minimum Gasteiger partial charge on any atom is -0.456 e. The van der Waals surface area contributed by atoms with E-state index in [4.69, 9.17) is 14.7 Å². The van der Waals surface area contributed by atoms with E-state index in [1.807, 2.05) is 18.2 Å². The highest BCUT2D eigenvalue weighted by Crippen LogP contribution is 2.57. The summed E-state index contributed by atoms with van der Waals surface area (Å²) in [5.41, 5.74) is 18.7. The molecule has 3 nitrogen and oxygen atoms in total. The van der Waals surface area contributed by atoms with Crippen molar-refractivity contribution in [2.45, 2.75) is 5.41 Å². The van der Waals surface area contributed by atoms with Crippen molar-refractivity contribution in [1.29, 1.82) is 0 Å². The molecule has 11 aromatic rings. The Kier molecular flexibility index (Phi) is 8.75. The molecule has 10 aromatic carbocycles. The van der Waals surface area contributed by atoms with Gasteiger partial charge in [-0.3, -0.25) is 0 Å². The molecule has 13 rings (SSSR count). The van der Waals surface area contributed by atoms with Gasteiger partial charge in [-0.1, -0.05) is 212 Å². The van der Waals surface area contributed by atoms with Gasteiger partial charge < -0.3 is 4.74 Å². The maximum atomic E-state index is 6.59. The summed E-state index contributed by atoms with van der Waals surface area (Å²) in [7, 11) is 0. The molecule has 2 heterocycles. The molecule has 1 aliphatic carbocycles. The monoisotopic (exact) mass is 840 g/mol. The van der Waals surface area contributed by atoms with Gasteiger partial charge in [0.1, 0.15) is 11.5 Å². The van der Waals surface area contributed by atoms with Gasteiger partial charge in [-0.05, 0) is 96.9 Å². The maximum absolute atomic E-state index is 6.59. The van der Waals surface area contributed by atoms with Crippen LogP contribution in [0.3, 0.4) is 0 Å². The Balaban J connectivity index is 0.912. The molecule has 2 aliphatic rings. The predicted molar refractivity (Wildman–Crippen MR) is 270 cm³/mol. The molecule has 1 aromatic heterocycles. The van der Waals surface area contributed by atoms with E-state index in [2.05, 4.69) is 224 Å². The molecule has 3 heteroatoms. The van der Waals surface area contributed by atoms with Crippen molar-refractivity contribution in [3.05, 3.63) is 265 Å². The first kappa shape index (κ1) is 37.9. The van der Waals surface area contributed by atoms with Crippen LogP contribution in [0.5, 0.6) is 11.5 Å². The standard InChI is InChI=1S/C63H40N2O/c1-5-16-42(17-6-1)49-35-37-60-61-52(49)25-15-26-53(61)54-38-45(33-36-59(54)66-60)41-28-30-43(31-29-41)57-40-58(65-62(64-57)44-18-7-2-8-19-44)46-32-34-51-50-24-13-14-27-55(50)63(56(51)39-46,47-20-9-3-10-21-47)48-22-11-4-12-23-48/h1-40H. The highest BCUT2D eigenvalue weighted by atomic mass is 16.5. The van der Waals surface area contributed by atoms with E-state index in [1.165, 1.54) is 55.5 Å². The maximum Gasteiger partial charge on any atom is 0.160 e. The first-order valence-corrected chi connectivity index (χ1v) is 22.6. The van der Waals surface area contributed by atoms with Gasteiger partial charge in [-0.15, -0.1) is 0 Å². The Bertz CT molecular complexity index is 3600. The van der Waals surface area contributed by atoms with E-state index < -0.39 is 5.41 Å². The largest absolute Gasteiger partial charge is 0.456 e. The van der Waals surface area contributed by atoms with E-state index >= 15 is 0 Å². The average molecular weight is 841 g/mol. The van der Waals surface area contributed by atoms with E-state index in [0.29, 0.717) is 5.82 Å². The Morgan fingerprint density at radius 3 is 1.58 bits per heavy atom. The summed E-state index contributed by atoms with van der Waals surface area (Å²) in [5, 5.41) is 2.33. The van der Waals surface area contributed by atoms with Crippen LogP contribution >= 0.6 is 0 Å². The van der Waals surface area contributed by atoms with E-state index in [0.717, 1.165) is 61.7 Å². The van der Waals surface area contributed by atoms with Gasteiger partial charge in [0.25, 0.3) is 0 Å². The van der Waals surface area contributed by atoms with Crippen LogP contribution in [-0.4, -0.2) is 9.97 Å². The first-order valence-electron chi connectivity index (χ1n) is 22.6. The molecule has 0 N–H and O–H groups in total. The van der Waals surface area contributed by atoms with Crippen LogP contribution in [0.4, 0.5) is 0 Å². The number of hydrogen-bond donors (Lipinski definition) is 0. The minimum absolute atomic E-state index is 0.512. The quantitative estimate of drug-likeness (QED) is 0.160. The summed E-state index contributed by atoms with van der Waals surface area (Å²) in [5.74, 6) is 2.44. The zero-order valence-electron chi connectivity index (χ0n) is 35.9. The zero-order chi connectivity index (χ0) is 43.6. The molecule has 1 aliphatic heterocycles. The summed E-state index contributed by atoms with van der Waals surface area (Å²) in [6.45, 7) is 0. The number of benzene rings is 10. The fourth-order valence-electron chi connectivity index (χ4n) is 10.6. The van der Waals surface area contributed by atoms with Crippen LogP contribution in [0.25, 0.3) is 89.2 Å². The average Bonchev–Trinajstić information content (AvgIpc) is 3.70. The van der Waals surface area contributed by atoms with E-state index in [1.54, 1.807) is 0 Å². The van der Waals surface area contributed by atoms with E-state index in [-0.39, 0.29) is 0 Å². The zero-order valence-corrected chi connectivity index (χ0v) is 35.9. The van der Waals surface area contributed by atoms with Gasteiger partial charge in [0.2, 0.25) is 0 Å². The fourth-order valence-corrected chi connectivity index (χ4v) is 10.6. The number of rotatable bonds is 7. The van der Waals surface area contributed by atoms with Crippen LogP contribution in [0, 0.1) is 0 Å². The number of aromatic nitrogens is 2. The van der Waals surface area contributed by atoms with Gasteiger partial charge in [0, 0.05) is 27.6 Å². The minimum atomic E-state index is -0.512. The fraction of sp³-hybridized carbons (Fsp3) is 0.0159. The number of hydrogen-bond acceptors (Lipinski definition) is 3. The van der Waals surface area contributed by atoms with Gasteiger partial charge in [-0.25, -0.2) is 9.97 Å². The Labute approximate surface area is 384 Å². The molecule has 0 saturated heterocycles. The number of fused-ring (bicyclic) bond motifs is 5. The molecule has 0 bridgehead atoms. The molecule has 0 amide bonds. The summed E-state index contributed by atoms with van der Waals surface area (Å²) in [6, 6.07) is 86.9. The lowest BCUT2D eigenvalue weighted by atomic mass is 9.67. The normalized spacial score (nSPS) is 12.8. The summed E-state index contributed by atoms with van der Waals surface area (Å²) < 4.78 is 6.59. The second-order valence-electron chi connectivity index (χ2n) is 17.2. The van der Waals surface area contributed by atoms with Crippen molar-refractivity contribution in [2.24, 2.45) is 0 Å². The van der Waals surface area contributed by atoms with Gasteiger partial charge in [-0.2, -0.15) is 0 Å². The van der Waals surface area contributed by atoms with Crippen molar-refractivity contribution in [3.63, 3.8) is 0 Å². The second kappa shape index (κ2) is 15.3. The molecule has 0 saturated carbocycles. The van der Waals surface area contributed by atoms with Crippen molar-refractivity contribution in [2.75, 3.05) is 0 Å². The van der Waals surface area contributed by atoms with Gasteiger partial charge >= 0.3 is 0 Å².